The van der Waals surface area contributed by atoms with Gasteiger partial charge in [0.2, 0.25) is 0 Å². The van der Waals surface area contributed by atoms with E-state index in [1.54, 1.807) is 12.1 Å². The highest BCUT2D eigenvalue weighted by molar-refractivity contribution is 8.26. The van der Waals surface area contributed by atoms with Gasteiger partial charge in [-0.05, 0) is 22.9 Å². The molecule has 0 spiro atoms. The molecule has 4 rings (SSSR count). The van der Waals surface area contributed by atoms with Crippen molar-refractivity contribution in [3.8, 4) is 11.3 Å². The Labute approximate surface area is 164 Å². The number of fused-ring (bicyclic) bond motifs is 1. The quantitative estimate of drug-likeness (QED) is 0.522. The van der Waals surface area contributed by atoms with Crippen LogP contribution in [0.25, 0.3) is 28.2 Å². The molecule has 0 unspecified atom stereocenters. The van der Waals surface area contributed by atoms with Crippen LogP contribution in [0, 0.1) is 0 Å². The molecule has 2 heterocycles. The molecule has 0 saturated carbocycles. The largest absolute Gasteiger partial charge is 0.480 e. The van der Waals surface area contributed by atoms with Crippen LogP contribution in [0.1, 0.15) is 5.76 Å². The minimum atomic E-state index is -1.11. The van der Waals surface area contributed by atoms with Crippen LogP contribution in [-0.4, -0.2) is 32.7 Å². The predicted octanol–water partition coefficient (Wildman–Crippen LogP) is 4.39. The number of hydrogen-bond donors (Lipinski definition) is 1. The molecule has 1 N–H and O–H groups in total. The van der Waals surface area contributed by atoms with E-state index in [9.17, 15) is 9.59 Å². The maximum atomic E-state index is 12.4. The monoisotopic (exact) mass is 395 g/mol. The number of aliphatic carboxylic acids is 1. The van der Waals surface area contributed by atoms with Crippen molar-refractivity contribution >= 4 is 57.0 Å². The first-order valence-corrected chi connectivity index (χ1v) is 9.30. The maximum Gasteiger partial charge on any atom is 0.323 e. The smallest absolute Gasteiger partial charge is 0.323 e. The average Bonchev–Trinajstić information content (AvgIpc) is 3.21. The summed E-state index contributed by atoms with van der Waals surface area (Å²) in [7, 11) is 0. The summed E-state index contributed by atoms with van der Waals surface area (Å²) in [4.78, 5) is 24.6. The van der Waals surface area contributed by atoms with Crippen LogP contribution in [0.3, 0.4) is 0 Å². The van der Waals surface area contributed by atoms with Crippen molar-refractivity contribution in [1.29, 1.82) is 0 Å². The summed E-state index contributed by atoms with van der Waals surface area (Å²) in [6, 6.07) is 17.7. The van der Waals surface area contributed by atoms with Gasteiger partial charge in [-0.3, -0.25) is 14.5 Å². The molecule has 0 radical (unpaired) electrons. The molecule has 1 aliphatic rings. The number of carboxylic acids is 1. The molecule has 1 aliphatic heterocycles. The van der Waals surface area contributed by atoms with Crippen molar-refractivity contribution in [2.24, 2.45) is 0 Å². The van der Waals surface area contributed by atoms with Gasteiger partial charge in [0.25, 0.3) is 5.91 Å². The van der Waals surface area contributed by atoms with E-state index in [-0.39, 0.29) is 4.32 Å². The molecule has 7 heteroatoms. The fraction of sp³-hybridized carbons (Fsp3) is 0.0500. The van der Waals surface area contributed by atoms with Crippen molar-refractivity contribution in [2.75, 3.05) is 6.54 Å². The Morgan fingerprint density at radius 3 is 2.74 bits per heavy atom. The van der Waals surface area contributed by atoms with E-state index in [1.807, 2.05) is 48.5 Å². The highest BCUT2D eigenvalue weighted by atomic mass is 32.2. The number of rotatable bonds is 4. The topological polar surface area (TPSA) is 70.8 Å². The van der Waals surface area contributed by atoms with Crippen LogP contribution < -0.4 is 0 Å². The van der Waals surface area contributed by atoms with Crippen LogP contribution in [0.4, 0.5) is 0 Å². The molecule has 3 aromatic rings. The molecule has 134 valence electrons. The van der Waals surface area contributed by atoms with Crippen LogP contribution >= 0.6 is 24.0 Å². The van der Waals surface area contributed by atoms with E-state index in [0.29, 0.717) is 16.4 Å². The summed E-state index contributed by atoms with van der Waals surface area (Å²) in [5, 5.41) is 11.1. The van der Waals surface area contributed by atoms with E-state index in [0.717, 1.165) is 33.0 Å². The van der Waals surface area contributed by atoms with Crippen LogP contribution in [0.2, 0.25) is 0 Å². The molecular weight excluding hydrogens is 382 g/mol. The summed E-state index contributed by atoms with van der Waals surface area (Å²) < 4.78 is 6.15. The summed E-state index contributed by atoms with van der Waals surface area (Å²) >= 11 is 6.17. The first-order chi connectivity index (χ1) is 13.0. The SMILES string of the molecule is O=C(O)CN1C(=O)C(=Cc2ccc(-c3cccc4ccccc34)o2)SC1=S. The van der Waals surface area contributed by atoms with Gasteiger partial charge in [-0.25, -0.2) is 0 Å². The lowest BCUT2D eigenvalue weighted by Gasteiger charge is -2.09. The van der Waals surface area contributed by atoms with Crippen LogP contribution in [-0.2, 0) is 9.59 Å². The number of carbonyl (C=O) groups is 2. The minimum Gasteiger partial charge on any atom is -0.480 e. The second-order valence-corrected chi connectivity index (χ2v) is 7.57. The third-order valence-electron chi connectivity index (χ3n) is 4.12. The summed E-state index contributed by atoms with van der Waals surface area (Å²) in [5.41, 5.74) is 0.964. The summed E-state index contributed by atoms with van der Waals surface area (Å²) in [6.07, 6.45) is 1.59. The third kappa shape index (κ3) is 3.39. The predicted molar refractivity (Wildman–Crippen MR) is 109 cm³/mol. The number of benzene rings is 2. The Morgan fingerprint density at radius 1 is 1.15 bits per heavy atom. The zero-order chi connectivity index (χ0) is 19.0. The average molecular weight is 395 g/mol. The van der Waals surface area contributed by atoms with Crippen molar-refractivity contribution in [2.45, 2.75) is 0 Å². The number of furan rings is 1. The van der Waals surface area contributed by atoms with E-state index in [4.69, 9.17) is 21.7 Å². The second kappa shape index (κ2) is 7.02. The molecule has 1 fully saturated rings. The number of carbonyl (C=O) groups excluding carboxylic acids is 1. The molecular formula is C20H13NO4S2. The van der Waals surface area contributed by atoms with Crippen molar-refractivity contribution in [3.05, 3.63) is 65.3 Å². The lowest BCUT2D eigenvalue weighted by atomic mass is 10.0. The van der Waals surface area contributed by atoms with Crippen molar-refractivity contribution < 1.29 is 19.1 Å². The molecule has 1 aromatic heterocycles. The van der Waals surface area contributed by atoms with E-state index >= 15 is 0 Å². The molecule has 1 saturated heterocycles. The lowest BCUT2D eigenvalue weighted by molar-refractivity contribution is -0.140. The Balaban J connectivity index is 1.65. The Hall–Kier alpha value is -2.90. The zero-order valence-electron chi connectivity index (χ0n) is 13.9. The lowest BCUT2D eigenvalue weighted by Crippen LogP contribution is -2.33. The summed E-state index contributed by atoms with van der Waals surface area (Å²) in [6.45, 7) is -0.443. The second-order valence-electron chi connectivity index (χ2n) is 5.89. The van der Waals surface area contributed by atoms with E-state index in [2.05, 4.69) is 0 Å². The van der Waals surface area contributed by atoms with Gasteiger partial charge in [0, 0.05) is 11.6 Å². The summed E-state index contributed by atoms with van der Waals surface area (Å²) in [5.74, 6) is -0.327. The van der Waals surface area contributed by atoms with Crippen LogP contribution in [0.5, 0.6) is 0 Å². The minimum absolute atomic E-state index is 0.231. The number of amides is 1. The van der Waals surface area contributed by atoms with E-state index < -0.39 is 18.4 Å². The first-order valence-electron chi connectivity index (χ1n) is 8.08. The zero-order valence-corrected chi connectivity index (χ0v) is 15.5. The molecule has 1 amide bonds. The number of thioether (sulfide) groups is 1. The molecule has 2 aromatic carbocycles. The highest BCUT2D eigenvalue weighted by Crippen LogP contribution is 2.34. The Bertz CT molecular complexity index is 1110. The molecule has 0 bridgehead atoms. The standard InChI is InChI=1S/C20H13NO4S2/c22-18(23)11-21-19(24)17(27-20(21)26)10-13-8-9-16(25-13)15-7-3-5-12-4-1-2-6-14(12)15/h1-10H,11H2,(H,22,23). The van der Waals surface area contributed by atoms with E-state index in [1.165, 1.54) is 0 Å². The van der Waals surface area contributed by atoms with Gasteiger partial charge in [0.05, 0.1) is 4.91 Å². The number of nitrogens with zero attached hydrogens (tertiary/aromatic N) is 1. The maximum absolute atomic E-state index is 12.4. The van der Waals surface area contributed by atoms with Gasteiger partial charge in [-0.15, -0.1) is 0 Å². The van der Waals surface area contributed by atoms with Crippen molar-refractivity contribution in [3.63, 3.8) is 0 Å². The molecule has 0 aliphatic carbocycles. The fourth-order valence-electron chi connectivity index (χ4n) is 2.92. The Morgan fingerprint density at radius 2 is 1.93 bits per heavy atom. The molecule has 0 atom stereocenters. The van der Waals surface area contributed by atoms with Gasteiger partial charge < -0.3 is 9.52 Å². The van der Waals surface area contributed by atoms with Gasteiger partial charge >= 0.3 is 5.97 Å². The Kier molecular flexibility index (Phi) is 4.55. The van der Waals surface area contributed by atoms with Gasteiger partial charge in [-0.1, -0.05) is 66.4 Å². The van der Waals surface area contributed by atoms with Crippen molar-refractivity contribution in [1.82, 2.24) is 4.90 Å². The normalized spacial score (nSPS) is 15.9. The number of thiocarbonyl (C=S) groups is 1. The van der Waals surface area contributed by atoms with Gasteiger partial charge in [0.15, 0.2) is 0 Å². The number of carboxylic acid groups (broad SMARTS) is 1. The van der Waals surface area contributed by atoms with Gasteiger partial charge in [0.1, 0.15) is 22.4 Å². The fourth-order valence-corrected chi connectivity index (χ4v) is 4.15. The third-order valence-corrected chi connectivity index (χ3v) is 5.50. The highest BCUT2D eigenvalue weighted by Gasteiger charge is 2.33. The van der Waals surface area contributed by atoms with Gasteiger partial charge in [-0.2, -0.15) is 0 Å². The first kappa shape index (κ1) is 17.5. The molecule has 27 heavy (non-hydrogen) atoms. The number of hydrogen-bond acceptors (Lipinski definition) is 5. The van der Waals surface area contributed by atoms with Crippen LogP contribution in [0.15, 0.2) is 63.9 Å². The molecule has 5 nitrogen and oxygen atoms in total.